The highest BCUT2D eigenvalue weighted by Gasteiger charge is 2.05. The number of carbonyl (C=O) groups is 1. The Morgan fingerprint density at radius 2 is 1.90 bits per heavy atom. The van der Waals surface area contributed by atoms with Gasteiger partial charge in [-0.05, 0) is 36.4 Å². The average molecular weight is 267 g/mol. The molecule has 20 heavy (non-hydrogen) atoms. The van der Waals surface area contributed by atoms with Gasteiger partial charge in [0.2, 0.25) is 0 Å². The summed E-state index contributed by atoms with van der Waals surface area (Å²) in [5.41, 5.74) is 2.50. The maximum Gasteiger partial charge on any atom is 0.137 e. The molecule has 3 aromatic rings. The van der Waals surface area contributed by atoms with Crippen molar-refractivity contribution in [2.45, 2.75) is 0 Å². The predicted molar refractivity (Wildman–Crippen MR) is 71.5 cm³/mol. The molecule has 0 aliphatic heterocycles. The van der Waals surface area contributed by atoms with Gasteiger partial charge in [0.15, 0.2) is 0 Å². The van der Waals surface area contributed by atoms with E-state index in [0.717, 1.165) is 17.0 Å². The summed E-state index contributed by atoms with van der Waals surface area (Å²) in [7, 11) is 1.61. The number of imidazole rings is 1. The highest BCUT2D eigenvalue weighted by Crippen LogP contribution is 2.22. The molecule has 3 rings (SSSR count). The third kappa shape index (κ3) is 2.09. The number of ether oxygens (including phenoxy) is 1. The number of hydrogen-bond acceptors (Lipinski definition) is 4. The molecule has 0 saturated carbocycles. The van der Waals surface area contributed by atoms with E-state index in [1.54, 1.807) is 23.8 Å². The normalized spacial score (nSPS) is 10.7. The van der Waals surface area contributed by atoms with E-state index in [0.29, 0.717) is 5.65 Å². The zero-order valence-corrected chi connectivity index (χ0v) is 10.7. The monoisotopic (exact) mass is 267 g/mol. The highest BCUT2D eigenvalue weighted by molar-refractivity contribution is 5.85. The second-order valence-corrected chi connectivity index (χ2v) is 4.33. The smallest absolute Gasteiger partial charge is 0.137 e. The molecule has 0 saturated heterocycles. The number of carbonyl (C=O) groups excluding carboxylic acids is 1. The maximum atomic E-state index is 10.8. The van der Waals surface area contributed by atoms with E-state index in [2.05, 4.69) is 4.98 Å². The standard InChI is InChI=1S/C15H12N2O3/c1-20-12-5-2-10(3-6-12)13-9-17-8-11(15(18)19)4-7-14(17)16-13/h2-9H,1H3,(H,18,19)/p-1. The minimum absolute atomic E-state index is 0.121. The van der Waals surface area contributed by atoms with Gasteiger partial charge in [0.25, 0.3) is 0 Å². The number of rotatable bonds is 3. The Hall–Kier alpha value is -2.82. The van der Waals surface area contributed by atoms with Crippen molar-refractivity contribution < 1.29 is 14.6 Å². The first-order valence-electron chi connectivity index (χ1n) is 6.02. The summed E-state index contributed by atoms with van der Waals surface area (Å²) in [6.07, 6.45) is 3.27. The van der Waals surface area contributed by atoms with Crippen molar-refractivity contribution in [2.75, 3.05) is 7.11 Å². The van der Waals surface area contributed by atoms with Gasteiger partial charge >= 0.3 is 0 Å². The Labute approximate surface area is 115 Å². The number of carboxylic acid groups (broad SMARTS) is 1. The number of hydrogen-bond donors (Lipinski definition) is 0. The summed E-state index contributed by atoms with van der Waals surface area (Å²) in [6.45, 7) is 0. The van der Waals surface area contributed by atoms with E-state index < -0.39 is 5.97 Å². The Morgan fingerprint density at radius 1 is 1.15 bits per heavy atom. The number of methoxy groups -OCH3 is 1. The fourth-order valence-electron chi connectivity index (χ4n) is 2.01. The molecule has 1 aromatic carbocycles. The van der Waals surface area contributed by atoms with Crippen LogP contribution in [-0.4, -0.2) is 22.5 Å². The van der Waals surface area contributed by atoms with Crippen molar-refractivity contribution in [3.05, 3.63) is 54.4 Å². The molecule has 2 heterocycles. The van der Waals surface area contributed by atoms with Crippen LogP contribution in [0.25, 0.3) is 16.9 Å². The van der Waals surface area contributed by atoms with Gasteiger partial charge in [-0.15, -0.1) is 0 Å². The Morgan fingerprint density at radius 3 is 2.55 bits per heavy atom. The van der Waals surface area contributed by atoms with Gasteiger partial charge in [-0.1, -0.05) is 0 Å². The van der Waals surface area contributed by atoms with Crippen LogP contribution in [0.4, 0.5) is 0 Å². The molecule has 0 fully saturated rings. The van der Waals surface area contributed by atoms with Crippen LogP contribution in [0.2, 0.25) is 0 Å². The lowest BCUT2D eigenvalue weighted by Crippen LogP contribution is -2.22. The van der Waals surface area contributed by atoms with Gasteiger partial charge in [-0.25, -0.2) is 4.98 Å². The minimum atomic E-state index is -1.20. The van der Waals surface area contributed by atoms with Crippen molar-refractivity contribution >= 4 is 11.6 Å². The molecule has 5 nitrogen and oxygen atoms in total. The van der Waals surface area contributed by atoms with Crippen molar-refractivity contribution in [1.29, 1.82) is 0 Å². The van der Waals surface area contributed by atoms with Gasteiger partial charge < -0.3 is 19.0 Å². The number of nitrogens with zero attached hydrogens (tertiary/aromatic N) is 2. The van der Waals surface area contributed by atoms with E-state index >= 15 is 0 Å². The molecular formula is C15H11N2O3-. The quantitative estimate of drug-likeness (QED) is 0.719. The van der Waals surface area contributed by atoms with Crippen LogP contribution in [0.5, 0.6) is 5.75 Å². The van der Waals surface area contributed by atoms with Crippen molar-refractivity contribution in [1.82, 2.24) is 9.38 Å². The highest BCUT2D eigenvalue weighted by atomic mass is 16.5. The summed E-state index contributed by atoms with van der Waals surface area (Å²) < 4.78 is 6.78. The number of pyridine rings is 1. The van der Waals surface area contributed by atoms with Gasteiger partial charge in [0.1, 0.15) is 11.4 Å². The summed E-state index contributed by atoms with van der Waals surface area (Å²) >= 11 is 0. The van der Waals surface area contributed by atoms with Gasteiger partial charge in [-0.2, -0.15) is 0 Å². The SMILES string of the molecule is COc1ccc(-c2cn3cc(C(=O)[O-])ccc3n2)cc1. The first-order valence-corrected chi connectivity index (χ1v) is 6.02. The molecule has 0 N–H and O–H groups in total. The number of aromatic carboxylic acids is 1. The third-order valence-electron chi connectivity index (χ3n) is 3.07. The van der Waals surface area contributed by atoms with E-state index in [-0.39, 0.29) is 5.56 Å². The second-order valence-electron chi connectivity index (χ2n) is 4.33. The zero-order chi connectivity index (χ0) is 14.1. The molecular weight excluding hydrogens is 256 g/mol. The van der Waals surface area contributed by atoms with Gasteiger partial charge in [0, 0.05) is 23.5 Å². The molecule has 0 unspecified atom stereocenters. The number of benzene rings is 1. The van der Waals surface area contributed by atoms with Crippen LogP contribution < -0.4 is 9.84 Å². The molecule has 0 spiro atoms. The molecule has 2 aromatic heterocycles. The predicted octanol–water partition coefficient (Wildman–Crippen LogP) is 1.37. The third-order valence-corrected chi connectivity index (χ3v) is 3.07. The molecule has 0 aliphatic carbocycles. The topological polar surface area (TPSA) is 66.7 Å². The van der Waals surface area contributed by atoms with Crippen LogP contribution in [0.3, 0.4) is 0 Å². The second kappa shape index (κ2) is 4.70. The largest absolute Gasteiger partial charge is 0.545 e. The Kier molecular flexibility index (Phi) is 2.87. The van der Waals surface area contributed by atoms with Crippen LogP contribution >= 0.6 is 0 Å². The number of carboxylic acids is 1. The average Bonchev–Trinajstić information content (AvgIpc) is 2.90. The molecule has 5 heteroatoms. The van der Waals surface area contributed by atoms with Crippen LogP contribution in [0.15, 0.2) is 48.8 Å². The van der Waals surface area contributed by atoms with Gasteiger partial charge in [-0.3, -0.25) is 0 Å². The summed E-state index contributed by atoms with van der Waals surface area (Å²) in [6, 6.07) is 10.6. The number of aromatic nitrogens is 2. The van der Waals surface area contributed by atoms with Gasteiger partial charge in [0.05, 0.1) is 18.8 Å². The Balaban J connectivity index is 2.05. The van der Waals surface area contributed by atoms with Crippen molar-refractivity contribution in [3.8, 4) is 17.0 Å². The maximum absolute atomic E-state index is 10.8. The molecule has 0 radical (unpaired) electrons. The molecule has 0 aliphatic rings. The van der Waals surface area contributed by atoms with E-state index in [1.807, 2.05) is 24.3 Å². The van der Waals surface area contributed by atoms with Crippen LogP contribution in [0, 0.1) is 0 Å². The molecule has 0 amide bonds. The summed E-state index contributed by atoms with van der Waals surface area (Å²) in [4.78, 5) is 15.3. The van der Waals surface area contributed by atoms with Crippen molar-refractivity contribution in [3.63, 3.8) is 0 Å². The van der Waals surface area contributed by atoms with E-state index in [9.17, 15) is 9.90 Å². The minimum Gasteiger partial charge on any atom is -0.545 e. The molecule has 0 bridgehead atoms. The lowest BCUT2D eigenvalue weighted by atomic mass is 10.2. The zero-order valence-electron chi connectivity index (χ0n) is 10.7. The van der Waals surface area contributed by atoms with Crippen molar-refractivity contribution in [2.24, 2.45) is 0 Å². The lowest BCUT2D eigenvalue weighted by Gasteiger charge is -2.01. The van der Waals surface area contributed by atoms with E-state index in [4.69, 9.17) is 4.74 Å². The van der Waals surface area contributed by atoms with Crippen LogP contribution in [0.1, 0.15) is 10.4 Å². The summed E-state index contributed by atoms with van der Waals surface area (Å²) in [5.74, 6) is -0.427. The fourth-order valence-corrected chi connectivity index (χ4v) is 2.01. The lowest BCUT2D eigenvalue weighted by molar-refractivity contribution is -0.255. The van der Waals surface area contributed by atoms with Crippen LogP contribution in [-0.2, 0) is 0 Å². The molecule has 100 valence electrons. The Bertz CT molecular complexity index is 775. The molecule has 0 atom stereocenters. The fraction of sp³-hybridized carbons (Fsp3) is 0.0667. The summed E-state index contributed by atoms with van der Waals surface area (Å²) in [5, 5.41) is 10.8. The first kappa shape index (κ1) is 12.2. The number of fused-ring (bicyclic) bond motifs is 1. The first-order chi connectivity index (χ1) is 9.67. The van der Waals surface area contributed by atoms with E-state index in [1.165, 1.54) is 12.3 Å².